The van der Waals surface area contributed by atoms with Crippen LogP contribution in [-0.4, -0.2) is 61.9 Å². The minimum absolute atomic E-state index is 0.111. The third kappa shape index (κ3) is 4.27. The second-order valence-electron chi connectivity index (χ2n) is 4.53. The fourth-order valence-corrected chi connectivity index (χ4v) is 2.03. The lowest BCUT2D eigenvalue weighted by molar-refractivity contribution is 0.0958. The first kappa shape index (κ1) is 15.0. The van der Waals surface area contributed by atoms with Crippen molar-refractivity contribution in [2.75, 3.05) is 40.0 Å². The summed E-state index contributed by atoms with van der Waals surface area (Å²) in [5.41, 5.74) is 0. The van der Waals surface area contributed by atoms with Crippen molar-refractivity contribution in [3.63, 3.8) is 0 Å². The lowest BCUT2D eigenvalue weighted by atomic mass is 10.3. The molecule has 0 bridgehead atoms. The largest absolute Gasteiger partial charge is 0.473 e. The zero-order valence-electron chi connectivity index (χ0n) is 11.9. The molecule has 1 aromatic carbocycles. The molecule has 1 aliphatic heterocycles. The van der Waals surface area contributed by atoms with Crippen molar-refractivity contribution in [2.45, 2.75) is 0 Å². The molecule has 2 rings (SSSR count). The van der Waals surface area contributed by atoms with Crippen LogP contribution in [0.25, 0.3) is 0 Å². The van der Waals surface area contributed by atoms with E-state index in [0.717, 1.165) is 0 Å². The summed E-state index contributed by atoms with van der Waals surface area (Å²) in [4.78, 5) is 26.5. The number of carbonyl (C=O) groups is 2. The SMILES string of the molecule is COC(=O)N1CCN(C(=O)NCOc2ccccc2)CC1. The summed E-state index contributed by atoms with van der Waals surface area (Å²) in [6.07, 6.45) is -0.359. The van der Waals surface area contributed by atoms with Crippen LogP contribution >= 0.6 is 0 Å². The normalized spacial score (nSPS) is 14.5. The molecule has 7 heteroatoms. The number of hydrogen-bond acceptors (Lipinski definition) is 4. The Balaban J connectivity index is 1.69. The lowest BCUT2D eigenvalue weighted by Gasteiger charge is -2.33. The molecule has 1 fully saturated rings. The van der Waals surface area contributed by atoms with Crippen LogP contribution in [-0.2, 0) is 4.74 Å². The van der Waals surface area contributed by atoms with Crippen LogP contribution in [0.2, 0.25) is 0 Å². The van der Waals surface area contributed by atoms with Crippen LogP contribution in [0.5, 0.6) is 5.75 Å². The van der Waals surface area contributed by atoms with Gasteiger partial charge in [-0.2, -0.15) is 0 Å². The zero-order valence-corrected chi connectivity index (χ0v) is 11.9. The van der Waals surface area contributed by atoms with E-state index in [1.807, 2.05) is 30.3 Å². The Kier molecular flexibility index (Phi) is 5.25. The van der Waals surface area contributed by atoms with E-state index in [1.54, 1.807) is 9.80 Å². The Hall–Kier alpha value is -2.44. The monoisotopic (exact) mass is 293 g/mol. The van der Waals surface area contributed by atoms with Gasteiger partial charge >= 0.3 is 12.1 Å². The number of ether oxygens (including phenoxy) is 2. The predicted octanol–water partition coefficient (Wildman–Crippen LogP) is 1.12. The number of nitrogens with zero attached hydrogens (tertiary/aromatic N) is 2. The van der Waals surface area contributed by atoms with E-state index >= 15 is 0 Å². The molecule has 1 saturated heterocycles. The van der Waals surface area contributed by atoms with Gasteiger partial charge in [0, 0.05) is 26.2 Å². The molecule has 0 atom stereocenters. The summed E-state index contributed by atoms with van der Waals surface area (Å²) in [5, 5.41) is 2.69. The number of rotatable bonds is 3. The van der Waals surface area contributed by atoms with Gasteiger partial charge in [0.2, 0.25) is 0 Å². The van der Waals surface area contributed by atoms with Gasteiger partial charge in [0.05, 0.1) is 7.11 Å². The first-order chi connectivity index (χ1) is 10.2. The average molecular weight is 293 g/mol. The Labute approximate surface area is 123 Å². The number of para-hydroxylation sites is 1. The summed E-state index contributed by atoms with van der Waals surface area (Å²) < 4.78 is 10.0. The number of benzene rings is 1. The summed E-state index contributed by atoms with van der Waals surface area (Å²) in [5.74, 6) is 0.702. The van der Waals surface area contributed by atoms with Crippen LogP contribution in [0.15, 0.2) is 30.3 Å². The maximum Gasteiger partial charge on any atom is 0.409 e. The molecule has 21 heavy (non-hydrogen) atoms. The van der Waals surface area contributed by atoms with E-state index in [-0.39, 0.29) is 18.9 Å². The number of carbonyl (C=O) groups excluding carboxylic acids is 2. The second kappa shape index (κ2) is 7.37. The minimum atomic E-state index is -0.359. The molecule has 1 aromatic rings. The predicted molar refractivity (Wildman–Crippen MR) is 76.0 cm³/mol. The van der Waals surface area contributed by atoms with E-state index in [4.69, 9.17) is 4.74 Å². The number of methoxy groups -OCH3 is 1. The molecule has 0 aliphatic carbocycles. The summed E-state index contributed by atoms with van der Waals surface area (Å²) in [6.45, 7) is 2.01. The number of urea groups is 1. The molecule has 0 radical (unpaired) electrons. The number of piperazine rings is 1. The molecule has 3 amide bonds. The molecule has 0 saturated carbocycles. The van der Waals surface area contributed by atoms with Gasteiger partial charge in [0.15, 0.2) is 6.73 Å². The topological polar surface area (TPSA) is 71.1 Å². The molecule has 0 aromatic heterocycles. The minimum Gasteiger partial charge on any atom is -0.473 e. The molecule has 1 aliphatic rings. The Morgan fingerprint density at radius 1 is 1.10 bits per heavy atom. The Morgan fingerprint density at radius 3 is 2.33 bits per heavy atom. The smallest absolute Gasteiger partial charge is 0.409 e. The van der Waals surface area contributed by atoms with E-state index in [2.05, 4.69) is 10.1 Å². The van der Waals surface area contributed by atoms with Crippen LogP contribution < -0.4 is 10.1 Å². The molecule has 0 unspecified atom stereocenters. The first-order valence-electron chi connectivity index (χ1n) is 6.74. The molecular weight excluding hydrogens is 274 g/mol. The average Bonchev–Trinajstić information content (AvgIpc) is 2.55. The summed E-state index contributed by atoms with van der Waals surface area (Å²) >= 11 is 0. The van der Waals surface area contributed by atoms with Crippen molar-refractivity contribution < 1.29 is 19.1 Å². The number of nitrogens with one attached hydrogen (secondary N) is 1. The fourth-order valence-electron chi connectivity index (χ4n) is 2.03. The van der Waals surface area contributed by atoms with E-state index in [9.17, 15) is 9.59 Å². The lowest BCUT2D eigenvalue weighted by Crippen LogP contribution is -2.53. The van der Waals surface area contributed by atoms with Gasteiger partial charge < -0.3 is 24.6 Å². The zero-order chi connectivity index (χ0) is 15.1. The highest BCUT2D eigenvalue weighted by molar-refractivity contribution is 5.74. The van der Waals surface area contributed by atoms with Crippen LogP contribution in [0.3, 0.4) is 0 Å². The van der Waals surface area contributed by atoms with Gasteiger partial charge in [-0.15, -0.1) is 0 Å². The number of amides is 3. The molecule has 0 spiro atoms. The van der Waals surface area contributed by atoms with Gasteiger partial charge in [-0.1, -0.05) is 18.2 Å². The van der Waals surface area contributed by atoms with Crippen molar-refractivity contribution in [3.8, 4) is 5.75 Å². The quantitative estimate of drug-likeness (QED) is 0.848. The highest BCUT2D eigenvalue weighted by Gasteiger charge is 2.24. The highest BCUT2D eigenvalue weighted by Crippen LogP contribution is 2.07. The van der Waals surface area contributed by atoms with E-state index in [1.165, 1.54) is 7.11 Å². The molecule has 114 valence electrons. The number of hydrogen-bond donors (Lipinski definition) is 1. The van der Waals surface area contributed by atoms with Gasteiger partial charge in [0.25, 0.3) is 0 Å². The van der Waals surface area contributed by atoms with Crippen LogP contribution in [0.1, 0.15) is 0 Å². The molecular formula is C14H19N3O4. The van der Waals surface area contributed by atoms with Crippen molar-refractivity contribution in [1.29, 1.82) is 0 Å². The fraction of sp³-hybridized carbons (Fsp3) is 0.429. The maximum absolute atomic E-state index is 11.9. The summed E-state index contributed by atoms with van der Waals surface area (Å²) in [7, 11) is 1.35. The van der Waals surface area contributed by atoms with E-state index < -0.39 is 0 Å². The van der Waals surface area contributed by atoms with Gasteiger partial charge in [-0.25, -0.2) is 9.59 Å². The van der Waals surface area contributed by atoms with Gasteiger partial charge in [-0.05, 0) is 12.1 Å². The van der Waals surface area contributed by atoms with Crippen molar-refractivity contribution >= 4 is 12.1 Å². The van der Waals surface area contributed by atoms with Crippen molar-refractivity contribution in [1.82, 2.24) is 15.1 Å². The Morgan fingerprint density at radius 2 is 1.71 bits per heavy atom. The third-order valence-corrected chi connectivity index (χ3v) is 3.21. The second-order valence-corrected chi connectivity index (χ2v) is 4.53. The highest BCUT2D eigenvalue weighted by atomic mass is 16.5. The van der Waals surface area contributed by atoms with Crippen LogP contribution in [0.4, 0.5) is 9.59 Å². The maximum atomic E-state index is 11.9. The Bertz CT molecular complexity index is 472. The third-order valence-electron chi connectivity index (χ3n) is 3.21. The molecule has 1 N–H and O–H groups in total. The van der Waals surface area contributed by atoms with Crippen molar-refractivity contribution in [3.05, 3.63) is 30.3 Å². The van der Waals surface area contributed by atoms with Crippen molar-refractivity contribution in [2.24, 2.45) is 0 Å². The van der Waals surface area contributed by atoms with E-state index in [0.29, 0.717) is 31.9 Å². The first-order valence-corrected chi connectivity index (χ1v) is 6.74. The van der Waals surface area contributed by atoms with Gasteiger partial charge in [-0.3, -0.25) is 0 Å². The van der Waals surface area contributed by atoms with Crippen LogP contribution in [0, 0.1) is 0 Å². The summed E-state index contributed by atoms with van der Waals surface area (Å²) in [6, 6.07) is 9.07. The molecule has 1 heterocycles. The van der Waals surface area contributed by atoms with Gasteiger partial charge in [0.1, 0.15) is 5.75 Å². The molecule has 7 nitrogen and oxygen atoms in total. The standard InChI is InChI=1S/C14H19N3O4/c1-20-14(19)17-9-7-16(8-10-17)13(18)15-11-21-12-5-3-2-4-6-12/h2-6H,7-11H2,1H3,(H,15,18).